The van der Waals surface area contributed by atoms with Crippen LogP contribution in [0.4, 0.5) is 11.4 Å². The molecule has 5 nitrogen and oxygen atoms in total. The van der Waals surface area contributed by atoms with Gasteiger partial charge in [0.2, 0.25) is 5.91 Å². The van der Waals surface area contributed by atoms with Gasteiger partial charge < -0.3 is 0 Å². The Morgan fingerprint density at radius 3 is 1.89 bits per heavy atom. The summed E-state index contributed by atoms with van der Waals surface area (Å²) >= 11 is 0. The summed E-state index contributed by atoms with van der Waals surface area (Å²) < 4.78 is 0. The molecule has 4 aromatic rings. The van der Waals surface area contributed by atoms with Crippen LogP contribution in [-0.4, -0.2) is 17.9 Å². The first-order chi connectivity index (χ1) is 17.1. The summed E-state index contributed by atoms with van der Waals surface area (Å²) in [6, 6.07) is 35.9. The monoisotopic (exact) mass is 460 g/mol. The number of hydrogen-bond acceptors (Lipinski definition) is 4. The molecule has 5 heteroatoms. The molecule has 0 aromatic heterocycles. The highest BCUT2D eigenvalue weighted by atomic mass is 16.7. The van der Waals surface area contributed by atoms with Gasteiger partial charge in [0, 0.05) is 0 Å². The minimum atomic E-state index is -1.26. The number of carbonyl (C=O) groups excluding carboxylic acids is 2. The van der Waals surface area contributed by atoms with Gasteiger partial charge in [0.15, 0.2) is 6.10 Å². The van der Waals surface area contributed by atoms with E-state index in [1.165, 1.54) is 4.90 Å². The van der Waals surface area contributed by atoms with Crippen molar-refractivity contribution in [3.63, 3.8) is 0 Å². The molecular formula is C30H24N2O3. The molecule has 2 heterocycles. The highest BCUT2D eigenvalue weighted by Gasteiger charge is 2.72. The lowest BCUT2D eigenvalue weighted by atomic mass is 9.69. The van der Waals surface area contributed by atoms with Gasteiger partial charge in [-0.3, -0.25) is 14.4 Å². The zero-order chi connectivity index (χ0) is 24.0. The molecule has 0 saturated carbocycles. The number of fused-ring (bicyclic) bond motifs is 1. The van der Waals surface area contributed by atoms with E-state index in [2.05, 4.69) is 0 Å². The Morgan fingerprint density at radius 2 is 1.26 bits per heavy atom. The van der Waals surface area contributed by atoms with E-state index in [0.29, 0.717) is 5.69 Å². The van der Waals surface area contributed by atoms with E-state index in [4.69, 9.17) is 4.84 Å². The average Bonchev–Trinajstić information content (AvgIpc) is 3.38. The summed E-state index contributed by atoms with van der Waals surface area (Å²) in [6.07, 6.45) is -1.01. The summed E-state index contributed by atoms with van der Waals surface area (Å²) in [6.45, 7) is 1.98. The minimum absolute atomic E-state index is 0.283. The SMILES string of the molecule is Cc1ccc(N2C(=O)[C@H]3ON(c4ccccc4)[C@@H](c4ccccc4)[C@]3(c3ccccc3)C2=O)cc1. The predicted molar refractivity (Wildman–Crippen MR) is 135 cm³/mol. The van der Waals surface area contributed by atoms with Gasteiger partial charge in [-0.25, -0.2) is 9.96 Å². The summed E-state index contributed by atoms with van der Waals surface area (Å²) in [5.41, 5.74) is 2.78. The first-order valence-corrected chi connectivity index (χ1v) is 11.7. The molecule has 2 saturated heterocycles. The number of para-hydroxylation sites is 1. The first kappa shape index (κ1) is 21.3. The normalized spacial score (nSPS) is 23.6. The Hall–Kier alpha value is -4.22. The van der Waals surface area contributed by atoms with Gasteiger partial charge in [0.25, 0.3) is 5.91 Å². The Bertz CT molecular complexity index is 1370. The molecule has 35 heavy (non-hydrogen) atoms. The van der Waals surface area contributed by atoms with Crippen LogP contribution >= 0.6 is 0 Å². The van der Waals surface area contributed by atoms with Crippen LogP contribution in [0.15, 0.2) is 115 Å². The number of hydrogen-bond donors (Lipinski definition) is 0. The second-order valence-electron chi connectivity index (χ2n) is 9.01. The van der Waals surface area contributed by atoms with Gasteiger partial charge in [-0.15, -0.1) is 0 Å². The number of rotatable bonds is 4. The van der Waals surface area contributed by atoms with Crippen LogP contribution in [0, 0.1) is 6.92 Å². The third-order valence-electron chi connectivity index (χ3n) is 6.97. The molecule has 0 bridgehead atoms. The van der Waals surface area contributed by atoms with Crippen molar-refractivity contribution in [2.75, 3.05) is 9.96 Å². The van der Waals surface area contributed by atoms with Crippen LogP contribution in [0.25, 0.3) is 0 Å². The largest absolute Gasteiger partial charge is 0.273 e. The van der Waals surface area contributed by atoms with E-state index < -0.39 is 17.6 Å². The molecule has 0 N–H and O–H groups in total. The van der Waals surface area contributed by atoms with Crippen molar-refractivity contribution in [1.29, 1.82) is 0 Å². The fraction of sp³-hybridized carbons (Fsp3) is 0.133. The molecular weight excluding hydrogens is 436 g/mol. The maximum atomic E-state index is 14.6. The molecule has 2 aliphatic heterocycles. The van der Waals surface area contributed by atoms with Crippen molar-refractivity contribution in [2.24, 2.45) is 0 Å². The number of carbonyl (C=O) groups is 2. The van der Waals surface area contributed by atoms with Crippen LogP contribution in [0.1, 0.15) is 22.7 Å². The fourth-order valence-electron chi connectivity index (χ4n) is 5.36. The van der Waals surface area contributed by atoms with Gasteiger partial charge in [-0.1, -0.05) is 96.6 Å². The van der Waals surface area contributed by atoms with Gasteiger partial charge in [-0.2, -0.15) is 0 Å². The van der Waals surface area contributed by atoms with Crippen LogP contribution in [0.2, 0.25) is 0 Å². The predicted octanol–water partition coefficient (Wildman–Crippen LogP) is 5.37. The van der Waals surface area contributed by atoms with Crippen molar-refractivity contribution in [1.82, 2.24) is 0 Å². The number of nitrogens with zero attached hydrogens (tertiary/aromatic N) is 2. The lowest BCUT2D eigenvalue weighted by Crippen LogP contribution is -2.46. The Balaban J connectivity index is 1.61. The summed E-state index contributed by atoms with van der Waals surface area (Å²) in [5, 5.41) is 1.75. The summed E-state index contributed by atoms with van der Waals surface area (Å²) in [5.74, 6) is -0.642. The number of amides is 2. The second kappa shape index (κ2) is 8.22. The number of imide groups is 1. The van der Waals surface area contributed by atoms with E-state index in [9.17, 15) is 9.59 Å². The van der Waals surface area contributed by atoms with E-state index >= 15 is 0 Å². The van der Waals surface area contributed by atoms with Gasteiger partial charge >= 0.3 is 0 Å². The highest BCUT2D eigenvalue weighted by molar-refractivity contribution is 6.28. The van der Waals surface area contributed by atoms with Crippen LogP contribution < -0.4 is 9.96 Å². The molecule has 0 radical (unpaired) electrons. The van der Waals surface area contributed by atoms with Crippen molar-refractivity contribution >= 4 is 23.2 Å². The van der Waals surface area contributed by atoms with Gasteiger partial charge in [0.05, 0.1) is 11.4 Å². The molecule has 172 valence electrons. The molecule has 2 aliphatic rings. The van der Waals surface area contributed by atoms with Crippen molar-refractivity contribution in [3.8, 4) is 0 Å². The van der Waals surface area contributed by atoms with E-state index in [0.717, 1.165) is 22.4 Å². The minimum Gasteiger partial charge on any atom is -0.273 e. The Labute approximate surface area is 204 Å². The lowest BCUT2D eigenvalue weighted by molar-refractivity contribution is -0.126. The van der Waals surface area contributed by atoms with E-state index in [1.807, 2.05) is 122 Å². The number of benzene rings is 4. The number of hydroxylamine groups is 1. The molecule has 4 aromatic carbocycles. The number of aryl methyl sites for hydroxylation is 1. The standard InChI is InChI=1S/C30H24N2O3/c1-21-17-19-24(20-18-21)31-28(33)27-30(29(31)34,23-13-7-3-8-14-23)26(22-11-5-2-6-12-22)32(35-27)25-15-9-4-10-16-25/h2-20,26-27H,1H3/t26-,27+,30-/m0/s1. The average molecular weight is 461 g/mol. The molecule has 6 rings (SSSR count). The molecule has 0 aliphatic carbocycles. The smallest absolute Gasteiger partial charge is 0.267 e. The van der Waals surface area contributed by atoms with Crippen LogP contribution in [-0.2, 0) is 19.8 Å². The Kier molecular flexibility index (Phi) is 5.01. The molecule has 3 atom stereocenters. The maximum Gasteiger partial charge on any atom is 0.267 e. The quantitative estimate of drug-likeness (QED) is 0.384. The van der Waals surface area contributed by atoms with E-state index in [-0.39, 0.29) is 11.8 Å². The topological polar surface area (TPSA) is 49.9 Å². The van der Waals surface area contributed by atoms with E-state index in [1.54, 1.807) is 5.06 Å². The highest BCUT2D eigenvalue weighted by Crippen LogP contribution is 2.57. The Morgan fingerprint density at radius 1 is 0.686 bits per heavy atom. The third kappa shape index (κ3) is 3.12. The lowest BCUT2D eigenvalue weighted by Gasteiger charge is -2.35. The third-order valence-corrected chi connectivity index (χ3v) is 6.97. The molecule has 0 unspecified atom stereocenters. The maximum absolute atomic E-state index is 14.6. The van der Waals surface area contributed by atoms with Crippen LogP contribution in [0.3, 0.4) is 0 Å². The van der Waals surface area contributed by atoms with Gasteiger partial charge in [0.1, 0.15) is 11.5 Å². The van der Waals surface area contributed by atoms with Crippen molar-refractivity contribution in [3.05, 3.63) is 132 Å². The van der Waals surface area contributed by atoms with Crippen molar-refractivity contribution < 1.29 is 14.4 Å². The van der Waals surface area contributed by atoms with Gasteiger partial charge in [-0.05, 0) is 42.3 Å². The molecule has 0 spiro atoms. The zero-order valence-corrected chi connectivity index (χ0v) is 19.2. The summed E-state index contributed by atoms with van der Waals surface area (Å²) in [4.78, 5) is 36.3. The second-order valence-corrected chi connectivity index (χ2v) is 9.01. The van der Waals surface area contributed by atoms with Crippen LogP contribution in [0.5, 0.6) is 0 Å². The zero-order valence-electron chi connectivity index (χ0n) is 19.2. The van der Waals surface area contributed by atoms with Crippen molar-refractivity contribution in [2.45, 2.75) is 24.5 Å². The molecule has 2 fully saturated rings. The fourth-order valence-corrected chi connectivity index (χ4v) is 5.36. The first-order valence-electron chi connectivity index (χ1n) is 11.7. The molecule has 2 amide bonds. The summed E-state index contributed by atoms with van der Waals surface area (Å²) in [7, 11) is 0. The number of anilines is 2.